The first kappa shape index (κ1) is 24.1. The van der Waals surface area contributed by atoms with E-state index >= 15 is 0 Å². The Morgan fingerprint density at radius 2 is 0.533 bits per heavy atom. The van der Waals surface area contributed by atoms with Gasteiger partial charge in [-0.1, -0.05) is 200 Å². The summed E-state index contributed by atoms with van der Waals surface area (Å²) in [6.45, 7) is 0. The predicted octanol–water partition coefficient (Wildman–Crippen LogP) is 6.96. The molecule has 0 atom stereocenters. The normalized spacial score (nSPS) is 12.8. The molecular weight excluding hydrogens is 597 g/mol. The molecule has 0 aliphatic carbocycles. The second-order valence-electron chi connectivity index (χ2n) is 10.3. The van der Waals surface area contributed by atoms with Gasteiger partial charge >= 0.3 is 0 Å². The van der Waals surface area contributed by atoms with Crippen LogP contribution in [-0.2, 0) is 0 Å². The van der Waals surface area contributed by atoms with Crippen LogP contribution in [0.15, 0.2) is 200 Å². The third kappa shape index (κ3) is 6.47. The highest BCUT2D eigenvalue weighted by atomic mass is 31.1. The molecule has 3 heteroatoms. The van der Waals surface area contributed by atoms with E-state index in [2.05, 4.69) is 133 Å². The molecule has 0 amide bonds. The summed E-state index contributed by atoms with van der Waals surface area (Å²) in [7, 11) is -3.80. The van der Waals surface area contributed by atoms with Gasteiger partial charge in [0.15, 0.2) is 0 Å². The molecule has 0 unspecified atom stereocenters. The van der Waals surface area contributed by atoms with E-state index in [1.807, 2.05) is 36.4 Å². The summed E-state index contributed by atoms with van der Waals surface area (Å²) in [6.07, 6.45) is 0. The van der Waals surface area contributed by atoms with E-state index < -0.39 is 23.8 Å². The lowest BCUT2D eigenvalue weighted by Gasteiger charge is -2.30. The monoisotopic (exact) mass is 635 g/mol. The highest BCUT2D eigenvalue weighted by Gasteiger charge is 2.29. The lowest BCUT2D eigenvalue weighted by atomic mass is 10.3. The van der Waals surface area contributed by atoms with Crippen molar-refractivity contribution in [2.24, 2.45) is 0 Å². The highest BCUT2D eigenvalue weighted by molar-refractivity contribution is 7.87. The Kier molecular flexibility index (Phi) is 7.66. The van der Waals surface area contributed by atoms with Crippen molar-refractivity contribution in [3.8, 4) is 0 Å². The van der Waals surface area contributed by atoms with Crippen LogP contribution in [0.25, 0.3) is 0 Å². The van der Waals surface area contributed by atoms with Crippen LogP contribution < -0.4 is 47.7 Å². The van der Waals surface area contributed by atoms with Crippen LogP contribution in [0.1, 0.15) is 6.85 Å². The third-order valence-electron chi connectivity index (χ3n) is 7.50. The fourth-order valence-corrected chi connectivity index (χ4v) is 13.6. The zero-order valence-corrected chi connectivity index (χ0v) is 27.2. The molecule has 45 heavy (non-hydrogen) atoms. The quantitative estimate of drug-likeness (QED) is 0.151. The standard InChI is InChI=1S/C42H33P3/c1-6-20-34(21-7-1)43(35-22-8-2-9-23-35)39-30-16-18-32-41(39)45(38-28-14-5-15-29-38)42-33-19-17-31-40(42)44(36-24-10-3-11-25-36)37-26-12-4-13-27-37/h1-33H/i5D,14D,15D,28D,29D. The maximum Gasteiger partial charge on any atom is 0.0630 e. The molecule has 0 heterocycles. The van der Waals surface area contributed by atoms with Crippen LogP contribution in [-0.4, -0.2) is 0 Å². The molecule has 0 aliphatic rings. The average Bonchev–Trinajstić information content (AvgIpc) is 3.18. The minimum atomic E-state index is -1.67. The van der Waals surface area contributed by atoms with Crippen molar-refractivity contribution in [3.63, 3.8) is 0 Å². The number of rotatable bonds is 9. The second kappa shape index (κ2) is 14.3. The molecule has 7 aromatic carbocycles. The molecule has 0 fully saturated rings. The highest BCUT2D eigenvalue weighted by Crippen LogP contribution is 2.41. The molecular formula is C42H33P3. The first-order chi connectivity index (χ1) is 24.5. The topological polar surface area (TPSA) is 0 Å². The van der Waals surface area contributed by atoms with Gasteiger partial charge in [-0.05, 0) is 71.5 Å². The molecule has 0 spiro atoms. The summed E-state index contributed by atoms with van der Waals surface area (Å²) in [5.74, 6) is 0. The first-order valence-electron chi connectivity index (χ1n) is 17.3. The molecule has 0 saturated carbocycles. The van der Waals surface area contributed by atoms with Crippen LogP contribution >= 0.6 is 23.8 Å². The van der Waals surface area contributed by atoms with E-state index in [1.165, 1.54) is 21.2 Å². The lowest BCUT2D eigenvalue weighted by Crippen LogP contribution is -2.39. The second-order valence-corrected chi connectivity index (χ2v) is 16.8. The van der Waals surface area contributed by atoms with Gasteiger partial charge < -0.3 is 0 Å². The van der Waals surface area contributed by atoms with Crippen molar-refractivity contribution < 1.29 is 6.85 Å². The van der Waals surface area contributed by atoms with Crippen LogP contribution in [0.3, 0.4) is 0 Å². The third-order valence-corrected chi connectivity index (χ3v) is 15.3. The number of hydrogen-bond acceptors (Lipinski definition) is 0. The van der Waals surface area contributed by atoms with Gasteiger partial charge in [-0.15, -0.1) is 0 Å². The van der Waals surface area contributed by atoms with Crippen LogP contribution in [0.2, 0.25) is 0 Å². The Morgan fingerprint density at radius 1 is 0.267 bits per heavy atom. The molecule has 216 valence electrons. The van der Waals surface area contributed by atoms with Gasteiger partial charge in [0.2, 0.25) is 0 Å². The molecule has 0 aliphatic heterocycles. The van der Waals surface area contributed by atoms with E-state index in [1.54, 1.807) is 0 Å². The summed E-state index contributed by atoms with van der Waals surface area (Å²) >= 11 is 0. The molecule has 0 N–H and O–H groups in total. The lowest BCUT2D eigenvalue weighted by molar-refractivity contribution is 1.74. The minimum Gasteiger partial charge on any atom is -0.0622 e. The zero-order chi connectivity index (χ0) is 34.6. The Hall–Kier alpha value is -4.17. The smallest absolute Gasteiger partial charge is 0.0622 e. The van der Waals surface area contributed by atoms with Crippen LogP contribution in [0, 0.1) is 0 Å². The van der Waals surface area contributed by atoms with E-state index in [0.717, 1.165) is 21.2 Å². The summed E-state index contributed by atoms with van der Waals surface area (Å²) in [5, 5.41) is 9.27. The van der Waals surface area contributed by atoms with Gasteiger partial charge in [0, 0.05) is 0 Å². The van der Waals surface area contributed by atoms with Crippen molar-refractivity contribution in [1.82, 2.24) is 0 Å². The Labute approximate surface area is 277 Å². The minimum absolute atomic E-state index is 0.154. The van der Waals surface area contributed by atoms with E-state index in [-0.39, 0.29) is 30.2 Å². The van der Waals surface area contributed by atoms with Gasteiger partial charge in [-0.25, -0.2) is 0 Å². The molecule has 7 aromatic rings. The van der Waals surface area contributed by atoms with E-state index in [4.69, 9.17) is 4.11 Å². The van der Waals surface area contributed by atoms with Crippen LogP contribution in [0.5, 0.6) is 0 Å². The summed E-state index contributed by atoms with van der Waals surface area (Å²) < 4.78 is 44.7. The number of hydrogen-bond donors (Lipinski definition) is 0. The van der Waals surface area contributed by atoms with Gasteiger partial charge in [0.1, 0.15) is 0 Å². The average molecular weight is 636 g/mol. The molecule has 0 saturated heterocycles. The maximum absolute atomic E-state index is 9.33. The fraction of sp³-hybridized carbons (Fsp3) is 0. The van der Waals surface area contributed by atoms with Crippen LogP contribution in [0.4, 0.5) is 0 Å². The van der Waals surface area contributed by atoms with Crippen molar-refractivity contribution in [2.75, 3.05) is 0 Å². The molecule has 0 aromatic heterocycles. The maximum atomic E-state index is 9.33. The summed E-state index contributed by atoms with van der Waals surface area (Å²) in [6, 6.07) is 57.4. The van der Waals surface area contributed by atoms with Gasteiger partial charge in [0.25, 0.3) is 0 Å². The predicted molar refractivity (Wildman–Crippen MR) is 203 cm³/mol. The Bertz CT molecular complexity index is 2000. The Balaban J connectivity index is 1.58. The van der Waals surface area contributed by atoms with Crippen molar-refractivity contribution in [2.45, 2.75) is 0 Å². The molecule has 0 radical (unpaired) electrons. The van der Waals surface area contributed by atoms with Crippen molar-refractivity contribution in [3.05, 3.63) is 200 Å². The van der Waals surface area contributed by atoms with E-state index in [0.29, 0.717) is 5.30 Å². The van der Waals surface area contributed by atoms with Gasteiger partial charge in [0.05, 0.1) is 6.85 Å². The first-order valence-corrected chi connectivity index (χ1v) is 18.8. The molecule has 0 bridgehead atoms. The van der Waals surface area contributed by atoms with Gasteiger partial charge in [-0.2, -0.15) is 0 Å². The molecule has 0 nitrogen and oxygen atoms in total. The number of benzene rings is 7. The largest absolute Gasteiger partial charge is 0.0630 e. The van der Waals surface area contributed by atoms with E-state index in [9.17, 15) is 2.74 Å². The van der Waals surface area contributed by atoms with Gasteiger partial charge in [-0.3, -0.25) is 0 Å². The fourth-order valence-electron chi connectivity index (χ4n) is 5.57. The SMILES string of the molecule is [2H]c1c([2H])c([2H])c(P(c2ccccc2P(c2ccccc2)c2ccccc2)c2ccccc2P(c2ccccc2)c2ccccc2)c([2H])c1[2H]. The summed E-state index contributed by atoms with van der Waals surface area (Å²) in [5.41, 5.74) is 0. The van der Waals surface area contributed by atoms with Crippen molar-refractivity contribution >= 4 is 71.5 Å². The van der Waals surface area contributed by atoms with Crippen molar-refractivity contribution in [1.29, 1.82) is 0 Å². The molecule has 7 rings (SSSR count). The zero-order valence-electron chi connectivity index (χ0n) is 29.5. The summed E-state index contributed by atoms with van der Waals surface area (Å²) in [4.78, 5) is 0. The Morgan fingerprint density at radius 3 is 0.844 bits per heavy atom.